The maximum absolute atomic E-state index is 13.8. The SMILES string of the molecule is COc1ccc(C(=O)N(C)Cc2c(F)cccc2Cl)cc1Br. The summed E-state index contributed by atoms with van der Waals surface area (Å²) in [4.78, 5) is 13.8. The van der Waals surface area contributed by atoms with E-state index in [9.17, 15) is 9.18 Å². The molecule has 2 aromatic carbocycles. The number of benzene rings is 2. The van der Waals surface area contributed by atoms with Gasteiger partial charge in [0, 0.05) is 29.7 Å². The lowest BCUT2D eigenvalue weighted by atomic mass is 10.1. The van der Waals surface area contributed by atoms with E-state index in [1.165, 1.54) is 17.0 Å². The van der Waals surface area contributed by atoms with Gasteiger partial charge in [-0.15, -0.1) is 0 Å². The molecule has 0 N–H and O–H groups in total. The molecule has 0 aliphatic carbocycles. The Kier molecular flexibility index (Phi) is 5.42. The monoisotopic (exact) mass is 385 g/mol. The number of amides is 1. The molecule has 1 amide bonds. The summed E-state index contributed by atoms with van der Waals surface area (Å²) >= 11 is 9.33. The van der Waals surface area contributed by atoms with Crippen molar-refractivity contribution in [1.82, 2.24) is 4.90 Å². The van der Waals surface area contributed by atoms with E-state index in [0.717, 1.165) is 0 Å². The van der Waals surface area contributed by atoms with E-state index in [1.807, 2.05) is 0 Å². The molecule has 0 saturated carbocycles. The third-order valence-electron chi connectivity index (χ3n) is 3.20. The Labute approximate surface area is 141 Å². The normalized spacial score (nSPS) is 10.4. The zero-order chi connectivity index (χ0) is 16.3. The van der Waals surface area contributed by atoms with Gasteiger partial charge in [-0.2, -0.15) is 0 Å². The highest BCUT2D eigenvalue weighted by Gasteiger charge is 2.17. The van der Waals surface area contributed by atoms with Crippen molar-refractivity contribution in [2.24, 2.45) is 0 Å². The molecule has 0 aliphatic heterocycles. The molecule has 0 aromatic heterocycles. The lowest BCUT2D eigenvalue weighted by Gasteiger charge is -2.19. The average molecular weight is 387 g/mol. The van der Waals surface area contributed by atoms with E-state index in [-0.39, 0.29) is 12.5 Å². The molecular formula is C16H14BrClFNO2. The number of methoxy groups -OCH3 is 1. The van der Waals surface area contributed by atoms with Crippen molar-refractivity contribution < 1.29 is 13.9 Å². The molecule has 0 atom stereocenters. The minimum absolute atomic E-state index is 0.0913. The Morgan fingerprint density at radius 1 is 1.36 bits per heavy atom. The van der Waals surface area contributed by atoms with Crippen LogP contribution in [0.1, 0.15) is 15.9 Å². The van der Waals surface area contributed by atoms with Gasteiger partial charge in [0.1, 0.15) is 11.6 Å². The first kappa shape index (κ1) is 16.8. The lowest BCUT2D eigenvalue weighted by molar-refractivity contribution is 0.0784. The number of carbonyl (C=O) groups is 1. The molecule has 0 bridgehead atoms. The highest BCUT2D eigenvalue weighted by Crippen LogP contribution is 2.26. The van der Waals surface area contributed by atoms with Crippen LogP contribution in [-0.4, -0.2) is 25.0 Å². The molecule has 0 heterocycles. The zero-order valence-corrected chi connectivity index (χ0v) is 14.4. The topological polar surface area (TPSA) is 29.5 Å². The molecule has 2 aromatic rings. The zero-order valence-electron chi connectivity index (χ0n) is 12.1. The van der Waals surface area contributed by atoms with Crippen molar-refractivity contribution >= 4 is 33.4 Å². The number of hydrogen-bond donors (Lipinski definition) is 0. The molecule has 0 fully saturated rings. The van der Waals surface area contributed by atoms with Gasteiger partial charge in [-0.3, -0.25) is 4.79 Å². The van der Waals surface area contributed by atoms with Crippen molar-refractivity contribution in [2.75, 3.05) is 14.2 Å². The van der Waals surface area contributed by atoms with E-state index >= 15 is 0 Å². The Morgan fingerprint density at radius 3 is 2.68 bits per heavy atom. The fraction of sp³-hybridized carbons (Fsp3) is 0.188. The van der Waals surface area contributed by atoms with Crippen LogP contribution in [0.3, 0.4) is 0 Å². The summed E-state index contributed by atoms with van der Waals surface area (Å²) in [6.45, 7) is 0.0913. The quantitative estimate of drug-likeness (QED) is 0.773. The molecule has 6 heteroatoms. The summed E-state index contributed by atoms with van der Waals surface area (Å²) in [7, 11) is 3.15. The first-order valence-corrected chi connectivity index (χ1v) is 7.63. The number of nitrogens with zero attached hydrogens (tertiary/aromatic N) is 1. The van der Waals surface area contributed by atoms with Gasteiger partial charge < -0.3 is 9.64 Å². The number of hydrogen-bond acceptors (Lipinski definition) is 2. The van der Waals surface area contributed by atoms with Crippen LogP contribution in [0.15, 0.2) is 40.9 Å². The highest BCUT2D eigenvalue weighted by atomic mass is 79.9. The second kappa shape index (κ2) is 7.11. The standard InChI is InChI=1S/C16H14BrClFNO2/c1-20(9-11-13(18)4-3-5-14(11)19)16(21)10-6-7-15(22-2)12(17)8-10/h3-8H,9H2,1-2H3. The van der Waals surface area contributed by atoms with Gasteiger partial charge in [-0.05, 0) is 46.3 Å². The van der Waals surface area contributed by atoms with E-state index in [1.54, 1.807) is 38.4 Å². The van der Waals surface area contributed by atoms with Gasteiger partial charge in [0.15, 0.2) is 0 Å². The van der Waals surface area contributed by atoms with Crippen LogP contribution in [0.2, 0.25) is 5.02 Å². The number of carbonyl (C=O) groups excluding carboxylic acids is 1. The maximum atomic E-state index is 13.8. The van der Waals surface area contributed by atoms with E-state index in [4.69, 9.17) is 16.3 Å². The van der Waals surface area contributed by atoms with Crippen molar-refractivity contribution in [2.45, 2.75) is 6.54 Å². The van der Waals surface area contributed by atoms with Crippen molar-refractivity contribution in [3.05, 3.63) is 62.8 Å². The van der Waals surface area contributed by atoms with Gasteiger partial charge >= 0.3 is 0 Å². The molecule has 0 unspecified atom stereocenters. The van der Waals surface area contributed by atoms with Crippen LogP contribution in [0.25, 0.3) is 0 Å². The Morgan fingerprint density at radius 2 is 2.09 bits per heavy atom. The summed E-state index contributed by atoms with van der Waals surface area (Å²) in [5, 5.41) is 0.301. The molecule has 0 spiro atoms. The van der Waals surface area contributed by atoms with E-state index < -0.39 is 5.82 Å². The third-order valence-corrected chi connectivity index (χ3v) is 4.18. The van der Waals surface area contributed by atoms with Crippen LogP contribution < -0.4 is 4.74 Å². The number of rotatable bonds is 4. The fourth-order valence-electron chi connectivity index (χ4n) is 2.01. The summed E-state index contributed by atoms with van der Waals surface area (Å²) in [5.41, 5.74) is 0.773. The number of halogens is 3. The number of ether oxygens (including phenoxy) is 1. The Balaban J connectivity index is 2.21. The first-order chi connectivity index (χ1) is 10.4. The maximum Gasteiger partial charge on any atom is 0.253 e. The van der Waals surface area contributed by atoms with Crippen LogP contribution in [0.4, 0.5) is 4.39 Å². The molecule has 2 rings (SSSR count). The first-order valence-electron chi connectivity index (χ1n) is 6.46. The van der Waals surface area contributed by atoms with Crippen LogP contribution >= 0.6 is 27.5 Å². The van der Waals surface area contributed by atoms with Crippen molar-refractivity contribution in [1.29, 1.82) is 0 Å². The Hall–Kier alpha value is -1.59. The minimum Gasteiger partial charge on any atom is -0.496 e. The van der Waals surface area contributed by atoms with Crippen LogP contribution in [0.5, 0.6) is 5.75 Å². The molecule has 116 valence electrons. The van der Waals surface area contributed by atoms with Gasteiger partial charge in [0.25, 0.3) is 5.91 Å². The summed E-state index contributed by atoms with van der Waals surface area (Å²) < 4.78 is 19.6. The predicted molar refractivity (Wildman–Crippen MR) is 87.9 cm³/mol. The van der Waals surface area contributed by atoms with E-state index in [2.05, 4.69) is 15.9 Å². The second-order valence-electron chi connectivity index (χ2n) is 4.71. The predicted octanol–water partition coefficient (Wildman–Crippen LogP) is 4.52. The van der Waals surface area contributed by atoms with Gasteiger partial charge in [-0.1, -0.05) is 17.7 Å². The van der Waals surface area contributed by atoms with Crippen molar-refractivity contribution in [3.8, 4) is 5.75 Å². The largest absolute Gasteiger partial charge is 0.496 e. The molecule has 22 heavy (non-hydrogen) atoms. The minimum atomic E-state index is -0.428. The highest BCUT2D eigenvalue weighted by molar-refractivity contribution is 9.10. The van der Waals surface area contributed by atoms with Gasteiger partial charge in [0.2, 0.25) is 0 Å². The van der Waals surface area contributed by atoms with E-state index in [0.29, 0.717) is 26.4 Å². The summed E-state index contributed by atoms with van der Waals surface area (Å²) in [6, 6.07) is 9.47. The molecule has 0 radical (unpaired) electrons. The summed E-state index contributed by atoms with van der Waals surface area (Å²) in [6.07, 6.45) is 0. The molecule has 0 aliphatic rings. The molecule has 3 nitrogen and oxygen atoms in total. The fourth-order valence-corrected chi connectivity index (χ4v) is 2.78. The molecular weight excluding hydrogens is 373 g/mol. The van der Waals surface area contributed by atoms with Crippen LogP contribution in [-0.2, 0) is 6.54 Å². The summed E-state index contributed by atoms with van der Waals surface area (Å²) in [5.74, 6) is -0.0258. The average Bonchev–Trinajstić information content (AvgIpc) is 2.50. The Bertz CT molecular complexity index is 688. The third kappa shape index (κ3) is 3.59. The second-order valence-corrected chi connectivity index (χ2v) is 5.97. The van der Waals surface area contributed by atoms with Gasteiger partial charge in [0.05, 0.1) is 11.6 Å². The lowest BCUT2D eigenvalue weighted by Crippen LogP contribution is -2.26. The van der Waals surface area contributed by atoms with Crippen molar-refractivity contribution in [3.63, 3.8) is 0 Å². The van der Waals surface area contributed by atoms with Gasteiger partial charge in [-0.25, -0.2) is 4.39 Å². The van der Waals surface area contributed by atoms with Crippen LogP contribution in [0, 0.1) is 5.82 Å². The molecule has 0 saturated heterocycles. The smallest absolute Gasteiger partial charge is 0.253 e.